The molecule has 3 heterocycles. The van der Waals surface area contributed by atoms with Gasteiger partial charge in [0.25, 0.3) is 5.91 Å². The first-order valence-corrected chi connectivity index (χ1v) is 13.4. The van der Waals surface area contributed by atoms with Gasteiger partial charge in [-0.2, -0.15) is 0 Å². The number of hydrogen-bond donors (Lipinski definition) is 0. The molecule has 1 atom stereocenters. The number of rotatable bonds is 7. The average Bonchev–Trinajstić information content (AvgIpc) is 3.41. The molecule has 0 aliphatic carbocycles. The zero-order chi connectivity index (χ0) is 26.3. The Morgan fingerprint density at radius 1 is 1.19 bits per heavy atom. The van der Waals surface area contributed by atoms with E-state index in [2.05, 4.69) is 20.9 Å². The van der Waals surface area contributed by atoms with Gasteiger partial charge in [-0.15, -0.1) is 0 Å². The number of thiazole rings is 1. The summed E-state index contributed by atoms with van der Waals surface area (Å²) in [5.74, 6) is -0.443. The minimum Gasteiger partial charge on any atom is -0.494 e. The molecule has 0 saturated heterocycles. The lowest BCUT2D eigenvalue weighted by Crippen LogP contribution is -2.29. The molecule has 2 aromatic carbocycles. The zero-order valence-corrected chi connectivity index (χ0v) is 22.8. The normalized spacial score (nSPS) is 14.8. The molecule has 5 rings (SSSR count). The van der Waals surface area contributed by atoms with E-state index < -0.39 is 17.9 Å². The van der Waals surface area contributed by atoms with Crippen molar-refractivity contribution in [2.75, 3.05) is 18.1 Å². The highest BCUT2D eigenvalue weighted by Gasteiger charge is 2.45. The number of nitrogens with zero attached hydrogens (tertiary/aromatic N) is 2. The summed E-state index contributed by atoms with van der Waals surface area (Å²) in [6.07, 6.45) is 0.834. The molecular weight excluding hydrogens is 560 g/mol. The Bertz CT molecular complexity index is 1590. The van der Waals surface area contributed by atoms with Gasteiger partial charge in [0, 0.05) is 4.47 Å². The maximum absolute atomic E-state index is 13.8. The van der Waals surface area contributed by atoms with E-state index in [1.54, 1.807) is 32.0 Å². The van der Waals surface area contributed by atoms with Crippen LogP contribution in [0.3, 0.4) is 0 Å². The molecule has 1 aliphatic heterocycles. The predicted molar refractivity (Wildman–Crippen MR) is 144 cm³/mol. The first-order chi connectivity index (χ1) is 17.8. The molecule has 4 aromatic rings. The van der Waals surface area contributed by atoms with Crippen LogP contribution in [0, 0.1) is 6.92 Å². The summed E-state index contributed by atoms with van der Waals surface area (Å²) in [6, 6.07) is 11.5. The van der Waals surface area contributed by atoms with Gasteiger partial charge in [0.15, 0.2) is 10.6 Å². The second-order valence-corrected chi connectivity index (χ2v) is 10.3. The minimum absolute atomic E-state index is 0.0461. The number of esters is 1. The maximum Gasteiger partial charge on any atom is 0.350 e. The quantitative estimate of drug-likeness (QED) is 0.245. The van der Waals surface area contributed by atoms with Crippen LogP contribution in [0.1, 0.15) is 63.4 Å². The Balaban J connectivity index is 1.73. The largest absolute Gasteiger partial charge is 0.494 e. The summed E-state index contributed by atoms with van der Waals surface area (Å²) < 4.78 is 17.7. The van der Waals surface area contributed by atoms with E-state index >= 15 is 0 Å². The van der Waals surface area contributed by atoms with Gasteiger partial charge in [-0.3, -0.25) is 14.5 Å². The Hall–Kier alpha value is -3.50. The van der Waals surface area contributed by atoms with E-state index in [9.17, 15) is 14.4 Å². The van der Waals surface area contributed by atoms with Crippen LogP contribution >= 0.6 is 27.3 Å². The third-order valence-corrected chi connectivity index (χ3v) is 7.56. The number of fused-ring (bicyclic) bond motifs is 2. The monoisotopic (exact) mass is 582 g/mol. The highest BCUT2D eigenvalue weighted by Crippen LogP contribution is 2.44. The number of hydrogen-bond acceptors (Lipinski definition) is 8. The van der Waals surface area contributed by atoms with E-state index in [-0.39, 0.29) is 28.5 Å². The number of ether oxygens (including phenoxy) is 2. The Morgan fingerprint density at radius 2 is 2.00 bits per heavy atom. The summed E-state index contributed by atoms with van der Waals surface area (Å²) in [6.45, 7) is 6.16. The van der Waals surface area contributed by atoms with Crippen LogP contribution in [0.2, 0.25) is 0 Å². The number of carbonyl (C=O) groups is 2. The molecule has 10 heteroatoms. The van der Waals surface area contributed by atoms with Crippen LogP contribution in [0.25, 0.3) is 11.0 Å². The first-order valence-electron chi connectivity index (χ1n) is 11.8. The maximum atomic E-state index is 13.8. The average molecular weight is 583 g/mol. The fraction of sp³-hybridized carbons (Fsp3) is 0.259. The molecule has 0 fully saturated rings. The Morgan fingerprint density at radius 3 is 2.76 bits per heavy atom. The minimum atomic E-state index is -0.826. The second kappa shape index (κ2) is 10.1. The second-order valence-electron chi connectivity index (χ2n) is 8.44. The first kappa shape index (κ1) is 25.2. The van der Waals surface area contributed by atoms with E-state index in [4.69, 9.17) is 13.9 Å². The molecule has 0 saturated carbocycles. The van der Waals surface area contributed by atoms with Crippen molar-refractivity contribution in [3.63, 3.8) is 0 Å². The molecule has 0 spiro atoms. The number of benzene rings is 2. The van der Waals surface area contributed by atoms with Crippen molar-refractivity contribution in [3.05, 3.63) is 84.6 Å². The Kier molecular flexibility index (Phi) is 6.87. The van der Waals surface area contributed by atoms with Gasteiger partial charge in [-0.1, -0.05) is 46.3 Å². The van der Waals surface area contributed by atoms with Gasteiger partial charge in [0.1, 0.15) is 16.2 Å². The van der Waals surface area contributed by atoms with Crippen LogP contribution < -0.4 is 15.1 Å². The lowest BCUT2D eigenvalue weighted by atomic mass is 9.98. The molecule has 1 amide bonds. The van der Waals surface area contributed by atoms with Crippen molar-refractivity contribution in [1.82, 2.24) is 4.98 Å². The van der Waals surface area contributed by atoms with Gasteiger partial charge in [0.05, 0.1) is 35.9 Å². The molecule has 190 valence electrons. The summed E-state index contributed by atoms with van der Waals surface area (Å²) in [5.41, 5.74) is 1.32. The number of carbonyl (C=O) groups excluding carboxylic acids is 2. The van der Waals surface area contributed by atoms with E-state index in [1.165, 1.54) is 4.90 Å². The fourth-order valence-corrected chi connectivity index (χ4v) is 5.67. The van der Waals surface area contributed by atoms with Gasteiger partial charge >= 0.3 is 5.97 Å². The van der Waals surface area contributed by atoms with Crippen LogP contribution in [-0.4, -0.2) is 30.1 Å². The third-order valence-electron chi connectivity index (χ3n) is 5.93. The number of anilines is 1. The lowest BCUT2D eigenvalue weighted by molar-refractivity contribution is 0.0531. The standard InChI is InChI=1S/C27H23BrN2O6S/c1-4-11-35-17-8-6-7-15(12-17)21-20-22(31)18-13-16(28)9-10-19(18)36-23(20)25(32)30(21)27-29-14(3)24(37-27)26(33)34-5-2/h6-10,12-13,21H,4-5,11H2,1-3H3. The van der Waals surface area contributed by atoms with Crippen molar-refractivity contribution in [2.24, 2.45) is 0 Å². The van der Waals surface area contributed by atoms with Crippen molar-refractivity contribution >= 4 is 55.2 Å². The molecule has 0 N–H and O–H groups in total. The van der Waals surface area contributed by atoms with Gasteiger partial charge < -0.3 is 13.9 Å². The molecule has 8 nitrogen and oxygen atoms in total. The van der Waals surface area contributed by atoms with Crippen molar-refractivity contribution < 1.29 is 23.5 Å². The van der Waals surface area contributed by atoms with Crippen LogP contribution in [0.4, 0.5) is 5.13 Å². The summed E-state index contributed by atoms with van der Waals surface area (Å²) in [7, 11) is 0. The molecule has 1 aliphatic rings. The smallest absolute Gasteiger partial charge is 0.350 e. The zero-order valence-electron chi connectivity index (χ0n) is 20.4. The van der Waals surface area contributed by atoms with Crippen molar-refractivity contribution in [2.45, 2.75) is 33.2 Å². The Labute approximate surface area is 225 Å². The van der Waals surface area contributed by atoms with E-state index in [0.717, 1.165) is 22.2 Å². The van der Waals surface area contributed by atoms with Crippen molar-refractivity contribution in [1.29, 1.82) is 0 Å². The summed E-state index contributed by atoms with van der Waals surface area (Å²) in [4.78, 5) is 46.4. The lowest BCUT2D eigenvalue weighted by Gasteiger charge is -2.23. The molecular formula is C27H23BrN2O6S. The van der Waals surface area contributed by atoms with E-state index in [1.807, 2.05) is 31.2 Å². The number of halogens is 1. The molecule has 0 bridgehead atoms. The number of aromatic nitrogens is 1. The van der Waals surface area contributed by atoms with Crippen LogP contribution in [-0.2, 0) is 4.74 Å². The summed E-state index contributed by atoms with van der Waals surface area (Å²) in [5, 5.41) is 0.625. The van der Waals surface area contributed by atoms with Gasteiger partial charge in [-0.25, -0.2) is 9.78 Å². The topological polar surface area (TPSA) is 98.9 Å². The van der Waals surface area contributed by atoms with Gasteiger partial charge in [0.2, 0.25) is 5.76 Å². The highest BCUT2D eigenvalue weighted by molar-refractivity contribution is 9.10. The van der Waals surface area contributed by atoms with Crippen LogP contribution in [0.5, 0.6) is 5.75 Å². The SMILES string of the molecule is CCCOc1cccc(C2c3c(oc4ccc(Br)cc4c3=O)C(=O)N2c2nc(C)c(C(=O)OCC)s2)c1. The predicted octanol–water partition coefficient (Wildman–Crippen LogP) is 6.04. The fourth-order valence-electron chi connectivity index (χ4n) is 4.32. The van der Waals surface area contributed by atoms with Crippen LogP contribution in [0.15, 0.2) is 56.1 Å². The van der Waals surface area contributed by atoms with Gasteiger partial charge in [-0.05, 0) is 56.2 Å². The number of aryl methyl sites for hydroxylation is 1. The molecule has 1 unspecified atom stereocenters. The van der Waals surface area contributed by atoms with E-state index in [0.29, 0.717) is 39.5 Å². The third kappa shape index (κ3) is 4.44. The van der Waals surface area contributed by atoms with Crippen molar-refractivity contribution in [3.8, 4) is 5.75 Å². The number of amides is 1. The molecule has 0 radical (unpaired) electrons. The molecule has 2 aromatic heterocycles. The summed E-state index contributed by atoms with van der Waals surface area (Å²) >= 11 is 4.46. The highest BCUT2D eigenvalue weighted by atomic mass is 79.9. The molecule has 37 heavy (non-hydrogen) atoms.